The van der Waals surface area contributed by atoms with Crippen molar-refractivity contribution in [3.8, 4) is 11.5 Å². The molecule has 1 aliphatic heterocycles. The molecule has 8 heteroatoms. The van der Waals surface area contributed by atoms with E-state index < -0.39 is 0 Å². The number of nitrogens with zero attached hydrogens (tertiary/aromatic N) is 5. The highest BCUT2D eigenvalue weighted by Crippen LogP contribution is 2.32. The van der Waals surface area contributed by atoms with E-state index in [1.807, 2.05) is 18.2 Å². The summed E-state index contributed by atoms with van der Waals surface area (Å²) in [5.41, 5.74) is 2.41. The second-order valence-corrected chi connectivity index (χ2v) is 4.65. The first-order valence-electron chi connectivity index (χ1n) is 6.44. The van der Waals surface area contributed by atoms with Crippen molar-refractivity contribution in [2.75, 3.05) is 12.1 Å². The number of benzene rings is 1. The number of aromatic nitrogens is 5. The average molecular weight is 284 g/mol. The molecule has 21 heavy (non-hydrogen) atoms. The Morgan fingerprint density at radius 3 is 3.10 bits per heavy atom. The van der Waals surface area contributed by atoms with E-state index in [1.54, 1.807) is 11.7 Å². The third-order valence-corrected chi connectivity index (χ3v) is 3.29. The van der Waals surface area contributed by atoms with Gasteiger partial charge in [-0.2, -0.15) is 0 Å². The van der Waals surface area contributed by atoms with Crippen LogP contribution in [0.3, 0.4) is 0 Å². The fourth-order valence-corrected chi connectivity index (χ4v) is 2.22. The third-order valence-electron chi connectivity index (χ3n) is 3.29. The monoisotopic (exact) mass is 284 g/mol. The van der Waals surface area contributed by atoms with E-state index in [4.69, 9.17) is 9.47 Å². The van der Waals surface area contributed by atoms with E-state index in [1.165, 1.54) is 6.33 Å². The zero-order valence-corrected chi connectivity index (χ0v) is 11.3. The van der Waals surface area contributed by atoms with Crippen LogP contribution in [-0.4, -0.2) is 31.8 Å². The molecule has 0 aliphatic carbocycles. The number of hydrogen-bond donors (Lipinski definition) is 1. The lowest BCUT2D eigenvalue weighted by atomic mass is 10.2. The van der Waals surface area contributed by atoms with Crippen molar-refractivity contribution in [3.63, 3.8) is 0 Å². The van der Waals surface area contributed by atoms with E-state index in [2.05, 4.69) is 25.6 Å². The van der Waals surface area contributed by atoms with Gasteiger partial charge in [0.05, 0.1) is 0 Å². The molecule has 0 spiro atoms. The van der Waals surface area contributed by atoms with Crippen LogP contribution in [0.4, 0.5) is 5.82 Å². The van der Waals surface area contributed by atoms with E-state index in [0.717, 1.165) is 17.1 Å². The number of anilines is 1. The van der Waals surface area contributed by atoms with Crippen LogP contribution >= 0.6 is 0 Å². The predicted octanol–water partition coefficient (Wildman–Crippen LogP) is 1.10. The Bertz CT molecular complexity index is 816. The van der Waals surface area contributed by atoms with Gasteiger partial charge in [-0.3, -0.25) is 0 Å². The molecule has 0 saturated carbocycles. The summed E-state index contributed by atoms with van der Waals surface area (Å²) in [4.78, 5) is 8.37. The van der Waals surface area contributed by atoms with Crippen LogP contribution in [-0.2, 0) is 13.6 Å². The molecule has 1 aromatic carbocycles. The minimum Gasteiger partial charge on any atom is -0.454 e. The van der Waals surface area contributed by atoms with Gasteiger partial charge in [-0.25, -0.2) is 14.6 Å². The van der Waals surface area contributed by atoms with Crippen molar-refractivity contribution < 1.29 is 9.47 Å². The molecule has 1 N–H and O–H groups in total. The molecule has 4 rings (SSSR count). The quantitative estimate of drug-likeness (QED) is 0.770. The Morgan fingerprint density at radius 1 is 1.24 bits per heavy atom. The highest BCUT2D eigenvalue weighted by atomic mass is 16.7. The van der Waals surface area contributed by atoms with Gasteiger partial charge in [-0.15, -0.1) is 5.10 Å². The second-order valence-electron chi connectivity index (χ2n) is 4.65. The van der Waals surface area contributed by atoms with E-state index >= 15 is 0 Å². The van der Waals surface area contributed by atoms with Crippen molar-refractivity contribution in [1.29, 1.82) is 0 Å². The Kier molecular flexibility index (Phi) is 2.59. The standard InChI is InChI=1S/C13H12N6O2/c1-19-13-11(17-18-19)12(15-6-16-13)14-5-8-2-3-9-10(4-8)21-7-20-9/h2-4,6H,5,7H2,1H3,(H,14,15,16). The minimum absolute atomic E-state index is 0.276. The molecule has 0 unspecified atom stereocenters. The van der Waals surface area contributed by atoms with Crippen molar-refractivity contribution in [1.82, 2.24) is 25.0 Å². The lowest BCUT2D eigenvalue weighted by Crippen LogP contribution is -2.03. The molecule has 8 nitrogen and oxygen atoms in total. The summed E-state index contributed by atoms with van der Waals surface area (Å²) in [6.45, 7) is 0.873. The lowest BCUT2D eigenvalue weighted by molar-refractivity contribution is 0.174. The van der Waals surface area contributed by atoms with Crippen LogP contribution < -0.4 is 14.8 Å². The molecule has 3 aromatic rings. The highest BCUT2D eigenvalue weighted by Gasteiger charge is 2.14. The summed E-state index contributed by atoms with van der Waals surface area (Å²) in [6, 6.07) is 5.83. The topological polar surface area (TPSA) is 87.0 Å². The van der Waals surface area contributed by atoms with Crippen molar-refractivity contribution in [2.24, 2.45) is 7.05 Å². The number of ether oxygens (including phenoxy) is 2. The van der Waals surface area contributed by atoms with Gasteiger partial charge in [0, 0.05) is 13.6 Å². The number of hydrogen-bond acceptors (Lipinski definition) is 7. The smallest absolute Gasteiger partial charge is 0.231 e. The van der Waals surface area contributed by atoms with Crippen LogP contribution in [0.25, 0.3) is 11.2 Å². The average Bonchev–Trinajstić information content (AvgIpc) is 3.12. The summed E-state index contributed by atoms with van der Waals surface area (Å²) < 4.78 is 12.3. The van der Waals surface area contributed by atoms with Gasteiger partial charge < -0.3 is 14.8 Å². The zero-order chi connectivity index (χ0) is 14.2. The maximum absolute atomic E-state index is 5.36. The highest BCUT2D eigenvalue weighted by molar-refractivity contribution is 5.81. The predicted molar refractivity (Wildman–Crippen MR) is 74.0 cm³/mol. The van der Waals surface area contributed by atoms with Crippen molar-refractivity contribution in [3.05, 3.63) is 30.1 Å². The molecule has 0 radical (unpaired) electrons. The minimum atomic E-state index is 0.276. The molecule has 2 aromatic heterocycles. The molecule has 0 bridgehead atoms. The first kappa shape index (κ1) is 11.9. The van der Waals surface area contributed by atoms with Gasteiger partial charge in [0.15, 0.2) is 28.5 Å². The van der Waals surface area contributed by atoms with Gasteiger partial charge in [0.1, 0.15) is 6.33 Å². The summed E-state index contributed by atoms with van der Waals surface area (Å²) in [6.07, 6.45) is 1.49. The van der Waals surface area contributed by atoms with Crippen LogP contribution in [0.5, 0.6) is 11.5 Å². The second kappa shape index (κ2) is 4.58. The Labute approximate surface area is 119 Å². The van der Waals surface area contributed by atoms with Gasteiger partial charge in [-0.1, -0.05) is 11.3 Å². The summed E-state index contributed by atoms with van der Waals surface area (Å²) in [7, 11) is 1.80. The summed E-state index contributed by atoms with van der Waals surface area (Å²) >= 11 is 0. The molecule has 0 fully saturated rings. The Morgan fingerprint density at radius 2 is 2.14 bits per heavy atom. The van der Waals surface area contributed by atoms with Crippen molar-refractivity contribution >= 4 is 17.0 Å². The first-order chi connectivity index (χ1) is 10.3. The maximum atomic E-state index is 5.36. The maximum Gasteiger partial charge on any atom is 0.231 e. The molecule has 0 atom stereocenters. The number of aryl methyl sites for hydroxylation is 1. The van der Waals surface area contributed by atoms with Gasteiger partial charge in [0.25, 0.3) is 0 Å². The SMILES string of the molecule is Cn1nnc2c(NCc3ccc4c(c3)OCO4)ncnc21. The summed E-state index contributed by atoms with van der Waals surface area (Å²) in [5.74, 6) is 2.20. The van der Waals surface area contributed by atoms with Crippen LogP contribution in [0, 0.1) is 0 Å². The van der Waals surface area contributed by atoms with E-state index in [-0.39, 0.29) is 6.79 Å². The number of rotatable bonds is 3. The normalized spacial score (nSPS) is 12.8. The summed E-state index contributed by atoms with van der Waals surface area (Å²) in [5, 5.41) is 11.3. The van der Waals surface area contributed by atoms with Crippen LogP contribution in [0.1, 0.15) is 5.56 Å². The van der Waals surface area contributed by atoms with Gasteiger partial charge >= 0.3 is 0 Å². The third kappa shape index (κ3) is 2.00. The van der Waals surface area contributed by atoms with Gasteiger partial charge in [0.2, 0.25) is 6.79 Å². The molecule has 0 saturated heterocycles. The van der Waals surface area contributed by atoms with E-state index in [0.29, 0.717) is 23.5 Å². The zero-order valence-electron chi connectivity index (χ0n) is 11.3. The van der Waals surface area contributed by atoms with E-state index in [9.17, 15) is 0 Å². The van der Waals surface area contributed by atoms with Crippen LogP contribution in [0.2, 0.25) is 0 Å². The fourth-order valence-electron chi connectivity index (χ4n) is 2.22. The fraction of sp³-hybridized carbons (Fsp3) is 0.231. The molecule has 0 amide bonds. The lowest BCUT2D eigenvalue weighted by Gasteiger charge is -2.06. The first-order valence-corrected chi connectivity index (χ1v) is 6.44. The van der Waals surface area contributed by atoms with Crippen molar-refractivity contribution in [2.45, 2.75) is 6.54 Å². The molecular formula is C13H12N6O2. The molecule has 106 valence electrons. The molecular weight excluding hydrogens is 272 g/mol. The largest absolute Gasteiger partial charge is 0.454 e. The molecule has 1 aliphatic rings. The molecule has 3 heterocycles. The number of fused-ring (bicyclic) bond motifs is 2. The van der Waals surface area contributed by atoms with Crippen LogP contribution in [0.15, 0.2) is 24.5 Å². The Balaban J connectivity index is 1.58. The number of nitrogens with one attached hydrogen (secondary N) is 1. The Hall–Kier alpha value is -2.90. The van der Waals surface area contributed by atoms with Gasteiger partial charge in [-0.05, 0) is 17.7 Å².